The van der Waals surface area contributed by atoms with Crippen LogP contribution in [0.2, 0.25) is 0 Å². The minimum Gasteiger partial charge on any atom is -0.369 e. The summed E-state index contributed by atoms with van der Waals surface area (Å²) >= 11 is 0. The van der Waals surface area contributed by atoms with E-state index in [1.807, 2.05) is 0 Å². The van der Waals surface area contributed by atoms with E-state index >= 15 is 0 Å². The van der Waals surface area contributed by atoms with Gasteiger partial charge >= 0.3 is 0 Å². The van der Waals surface area contributed by atoms with Crippen LogP contribution in [0.25, 0.3) is 11.5 Å². The molecule has 7 nitrogen and oxygen atoms in total. The van der Waals surface area contributed by atoms with E-state index in [-0.39, 0.29) is 17.7 Å². The van der Waals surface area contributed by atoms with E-state index in [0.29, 0.717) is 43.2 Å². The third kappa shape index (κ3) is 3.23. The maximum atomic E-state index is 12.5. The molecule has 0 radical (unpaired) electrons. The molecule has 0 atom stereocenters. The Morgan fingerprint density at radius 1 is 1.22 bits per heavy atom. The Kier molecular flexibility index (Phi) is 4.10. The van der Waals surface area contributed by atoms with E-state index in [4.69, 9.17) is 10.3 Å². The second kappa shape index (κ2) is 6.20. The predicted molar refractivity (Wildman–Crippen MR) is 82.3 cm³/mol. The third-order valence-electron chi connectivity index (χ3n) is 4.09. The Labute approximate surface area is 133 Å². The summed E-state index contributed by atoms with van der Waals surface area (Å²) in [6.45, 7) is 2.86. The summed E-state index contributed by atoms with van der Waals surface area (Å²) in [4.78, 5) is 29.6. The maximum Gasteiger partial charge on any atom is 0.257 e. The number of benzene rings is 1. The van der Waals surface area contributed by atoms with Gasteiger partial charge in [-0.3, -0.25) is 9.59 Å². The number of nitrogens with zero attached hydrogens (tertiary/aromatic N) is 3. The van der Waals surface area contributed by atoms with Crippen LogP contribution in [0.1, 0.15) is 29.0 Å². The molecule has 7 heteroatoms. The first-order valence-corrected chi connectivity index (χ1v) is 7.54. The van der Waals surface area contributed by atoms with Crippen molar-refractivity contribution in [3.63, 3.8) is 0 Å². The van der Waals surface area contributed by atoms with Crippen molar-refractivity contribution in [2.75, 3.05) is 13.1 Å². The topological polar surface area (TPSA) is 102 Å². The Balaban J connectivity index is 1.68. The van der Waals surface area contributed by atoms with Gasteiger partial charge in [-0.25, -0.2) is 0 Å². The molecule has 3 rings (SSSR count). The second-order valence-corrected chi connectivity index (χ2v) is 5.69. The lowest BCUT2D eigenvalue weighted by molar-refractivity contribution is -0.123. The fourth-order valence-corrected chi connectivity index (χ4v) is 2.72. The quantitative estimate of drug-likeness (QED) is 0.922. The van der Waals surface area contributed by atoms with Crippen molar-refractivity contribution < 1.29 is 14.1 Å². The SMILES string of the molecule is Cc1noc(-c2ccc(C(=O)N3CCC(C(N)=O)CC3)cc2)n1. The third-order valence-corrected chi connectivity index (χ3v) is 4.09. The average molecular weight is 314 g/mol. The van der Waals surface area contributed by atoms with Crippen molar-refractivity contribution in [2.24, 2.45) is 11.7 Å². The van der Waals surface area contributed by atoms with E-state index in [9.17, 15) is 9.59 Å². The summed E-state index contributed by atoms with van der Waals surface area (Å²) in [6.07, 6.45) is 1.25. The van der Waals surface area contributed by atoms with Gasteiger partial charge < -0.3 is 15.2 Å². The number of carbonyl (C=O) groups is 2. The predicted octanol–water partition coefficient (Wildman–Crippen LogP) is 1.38. The maximum absolute atomic E-state index is 12.5. The number of hydrogen-bond acceptors (Lipinski definition) is 5. The van der Waals surface area contributed by atoms with Crippen molar-refractivity contribution in [1.29, 1.82) is 0 Å². The molecule has 1 aromatic carbocycles. The van der Waals surface area contributed by atoms with E-state index < -0.39 is 0 Å². The summed E-state index contributed by atoms with van der Waals surface area (Å²) in [5, 5.41) is 3.75. The number of carbonyl (C=O) groups excluding carboxylic acids is 2. The van der Waals surface area contributed by atoms with Gasteiger partial charge in [-0.15, -0.1) is 0 Å². The van der Waals surface area contributed by atoms with Gasteiger partial charge in [0.25, 0.3) is 11.8 Å². The van der Waals surface area contributed by atoms with Crippen molar-refractivity contribution in [3.8, 4) is 11.5 Å². The van der Waals surface area contributed by atoms with Crippen molar-refractivity contribution in [3.05, 3.63) is 35.7 Å². The zero-order valence-electron chi connectivity index (χ0n) is 12.9. The van der Waals surface area contributed by atoms with Crippen molar-refractivity contribution in [2.45, 2.75) is 19.8 Å². The average Bonchev–Trinajstić information content (AvgIpc) is 3.01. The lowest BCUT2D eigenvalue weighted by Gasteiger charge is -2.30. The molecule has 2 N–H and O–H groups in total. The normalized spacial score (nSPS) is 15.6. The fraction of sp³-hybridized carbons (Fsp3) is 0.375. The molecule has 1 aromatic heterocycles. The van der Waals surface area contributed by atoms with Crippen LogP contribution in [0.4, 0.5) is 0 Å². The Morgan fingerprint density at radius 3 is 2.39 bits per heavy atom. The van der Waals surface area contributed by atoms with E-state index in [0.717, 1.165) is 5.56 Å². The molecule has 1 aliphatic heterocycles. The molecular formula is C16H18N4O3. The zero-order valence-corrected chi connectivity index (χ0v) is 12.9. The Bertz CT molecular complexity index is 715. The molecule has 0 aliphatic carbocycles. The molecule has 23 heavy (non-hydrogen) atoms. The number of likely N-dealkylation sites (tertiary alicyclic amines) is 1. The van der Waals surface area contributed by atoms with Crippen LogP contribution in [-0.2, 0) is 4.79 Å². The van der Waals surface area contributed by atoms with Crippen molar-refractivity contribution in [1.82, 2.24) is 15.0 Å². The minimum absolute atomic E-state index is 0.0406. The Hall–Kier alpha value is -2.70. The molecule has 0 spiro atoms. The molecule has 2 aromatic rings. The molecule has 1 aliphatic rings. The van der Waals surface area contributed by atoms with Gasteiger partial charge in [0.15, 0.2) is 5.82 Å². The smallest absolute Gasteiger partial charge is 0.257 e. The summed E-state index contributed by atoms with van der Waals surface area (Å²) in [7, 11) is 0. The summed E-state index contributed by atoms with van der Waals surface area (Å²) in [5.74, 6) is 0.556. The standard InChI is InChI=1S/C16H18N4O3/c1-10-18-15(23-19-10)12-2-4-13(5-3-12)16(22)20-8-6-11(7-9-20)14(17)21/h2-5,11H,6-9H2,1H3,(H2,17,21). The highest BCUT2D eigenvalue weighted by Gasteiger charge is 2.26. The number of piperidine rings is 1. The number of primary amides is 1. The fourth-order valence-electron chi connectivity index (χ4n) is 2.72. The minimum atomic E-state index is -0.281. The summed E-state index contributed by atoms with van der Waals surface area (Å²) < 4.78 is 5.10. The van der Waals surface area contributed by atoms with Gasteiger partial charge in [0.1, 0.15) is 0 Å². The van der Waals surface area contributed by atoms with Crippen molar-refractivity contribution >= 4 is 11.8 Å². The van der Waals surface area contributed by atoms with Crippen LogP contribution in [0.5, 0.6) is 0 Å². The second-order valence-electron chi connectivity index (χ2n) is 5.69. The number of aryl methyl sites for hydroxylation is 1. The largest absolute Gasteiger partial charge is 0.369 e. The number of amides is 2. The lowest BCUT2D eigenvalue weighted by Crippen LogP contribution is -2.41. The van der Waals surface area contributed by atoms with E-state index in [1.54, 1.807) is 36.1 Å². The molecule has 0 bridgehead atoms. The van der Waals surface area contributed by atoms with Gasteiger partial charge in [0, 0.05) is 30.1 Å². The number of nitrogens with two attached hydrogens (primary N) is 1. The lowest BCUT2D eigenvalue weighted by atomic mass is 9.96. The highest BCUT2D eigenvalue weighted by atomic mass is 16.5. The molecule has 0 saturated carbocycles. The number of hydrogen-bond donors (Lipinski definition) is 1. The summed E-state index contributed by atoms with van der Waals surface area (Å²) in [5.41, 5.74) is 6.68. The van der Waals surface area contributed by atoms with Crippen LogP contribution < -0.4 is 5.73 Å². The first-order valence-electron chi connectivity index (χ1n) is 7.54. The molecule has 2 heterocycles. The molecular weight excluding hydrogens is 296 g/mol. The van der Waals surface area contributed by atoms with Crippen LogP contribution in [0, 0.1) is 12.8 Å². The van der Waals surface area contributed by atoms with Gasteiger partial charge in [-0.05, 0) is 44.0 Å². The molecule has 120 valence electrons. The van der Waals surface area contributed by atoms with Gasteiger partial charge in [0.05, 0.1) is 0 Å². The highest BCUT2D eigenvalue weighted by Crippen LogP contribution is 2.21. The molecule has 0 unspecified atom stereocenters. The molecule has 1 saturated heterocycles. The number of aromatic nitrogens is 2. The zero-order chi connectivity index (χ0) is 16.4. The van der Waals surface area contributed by atoms with Gasteiger partial charge in [0.2, 0.25) is 5.91 Å². The number of rotatable bonds is 3. The van der Waals surface area contributed by atoms with Gasteiger partial charge in [-0.1, -0.05) is 5.16 Å². The highest BCUT2D eigenvalue weighted by molar-refractivity contribution is 5.94. The monoisotopic (exact) mass is 314 g/mol. The van der Waals surface area contributed by atoms with E-state index in [2.05, 4.69) is 10.1 Å². The first kappa shape index (κ1) is 15.2. The van der Waals surface area contributed by atoms with Crippen LogP contribution in [0.15, 0.2) is 28.8 Å². The summed E-state index contributed by atoms with van der Waals surface area (Å²) in [6, 6.07) is 7.07. The first-order chi connectivity index (χ1) is 11.0. The van der Waals surface area contributed by atoms with Crippen LogP contribution in [-0.4, -0.2) is 39.9 Å². The van der Waals surface area contributed by atoms with Crippen LogP contribution in [0.3, 0.4) is 0 Å². The van der Waals surface area contributed by atoms with E-state index in [1.165, 1.54) is 0 Å². The van der Waals surface area contributed by atoms with Gasteiger partial charge in [-0.2, -0.15) is 4.98 Å². The van der Waals surface area contributed by atoms with Crippen LogP contribution >= 0.6 is 0 Å². The Morgan fingerprint density at radius 2 is 1.87 bits per heavy atom. The molecule has 2 amide bonds. The molecule has 1 fully saturated rings.